The zero-order valence-electron chi connectivity index (χ0n) is 18.6. The highest BCUT2D eigenvalue weighted by molar-refractivity contribution is 8.18. The van der Waals surface area contributed by atoms with E-state index in [2.05, 4.69) is 5.32 Å². The molecule has 1 aliphatic heterocycles. The standard InChI is InChI=1S/C26H20Cl2N2O4S/c1-16-5-8-21(9-6-16)29-24(31)14-30-25(32)23(35-26(30)33)13-18-12-20(28)7-10-22(18)34-15-17-3-2-4-19(27)11-17/h2-13H,14-15H2,1H3,(H,29,31)/b23-13+. The fourth-order valence-electron chi connectivity index (χ4n) is 3.31. The van der Waals surface area contributed by atoms with Gasteiger partial charge in [0.2, 0.25) is 5.91 Å². The molecule has 0 bridgehead atoms. The summed E-state index contributed by atoms with van der Waals surface area (Å²) in [5.74, 6) is -0.538. The summed E-state index contributed by atoms with van der Waals surface area (Å²) < 4.78 is 5.93. The zero-order valence-corrected chi connectivity index (χ0v) is 20.9. The molecule has 0 unspecified atom stereocenters. The van der Waals surface area contributed by atoms with Crippen molar-refractivity contribution in [3.05, 3.63) is 98.4 Å². The van der Waals surface area contributed by atoms with Crippen molar-refractivity contribution in [1.82, 2.24) is 4.90 Å². The Morgan fingerprint density at radius 1 is 1.03 bits per heavy atom. The van der Waals surface area contributed by atoms with Crippen LogP contribution in [0.4, 0.5) is 10.5 Å². The predicted molar refractivity (Wildman–Crippen MR) is 140 cm³/mol. The van der Waals surface area contributed by atoms with Crippen LogP contribution in [0.5, 0.6) is 5.75 Å². The Hall–Kier alpha value is -3.26. The monoisotopic (exact) mass is 526 g/mol. The third-order valence-corrected chi connectivity index (χ3v) is 6.43. The van der Waals surface area contributed by atoms with E-state index in [1.807, 2.05) is 31.2 Å². The summed E-state index contributed by atoms with van der Waals surface area (Å²) in [6.45, 7) is 1.80. The molecule has 4 rings (SSSR count). The van der Waals surface area contributed by atoms with Gasteiger partial charge in [0.15, 0.2) is 0 Å². The molecule has 1 fully saturated rings. The lowest BCUT2D eigenvalue weighted by Crippen LogP contribution is -2.36. The molecule has 1 saturated heterocycles. The van der Waals surface area contributed by atoms with Crippen molar-refractivity contribution in [2.75, 3.05) is 11.9 Å². The topological polar surface area (TPSA) is 75.7 Å². The minimum Gasteiger partial charge on any atom is -0.488 e. The number of ether oxygens (including phenoxy) is 1. The summed E-state index contributed by atoms with van der Waals surface area (Å²) in [5.41, 5.74) is 3.05. The quantitative estimate of drug-likeness (QED) is 0.353. The highest BCUT2D eigenvalue weighted by Crippen LogP contribution is 2.35. The van der Waals surface area contributed by atoms with Gasteiger partial charge >= 0.3 is 0 Å². The first kappa shape index (κ1) is 24.9. The van der Waals surface area contributed by atoms with Gasteiger partial charge in [-0.1, -0.05) is 53.0 Å². The molecule has 0 atom stereocenters. The average Bonchev–Trinajstić information content (AvgIpc) is 3.07. The molecule has 0 aliphatic carbocycles. The summed E-state index contributed by atoms with van der Waals surface area (Å²) in [7, 11) is 0. The van der Waals surface area contributed by atoms with Crippen LogP contribution in [0.3, 0.4) is 0 Å². The Kier molecular flexibility index (Phi) is 7.80. The van der Waals surface area contributed by atoms with Gasteiger partial charge in [-0.3, -0.25) is 19.3 Å². The molecule has 178 valence electrons. The molecule has 3 aromatic rings. The van der Waals surface area contributed by atoms with Gasteiger partial charge in [-0.2, -0.15) is 0 Å². The molecular formula is C26H20Cl2N2O4S. The third-order valence-electron chi connectivity index (χ3n) is 5.05. The largest absolute Gasteiger partial charge is 0.488 e. The highest BCUT2D eigenvalue weighted by Gasteiger charge is 2.36. The van der Waals surface area contributed by atoms with Crippen LogP contribution in [0.2, 0.25) is 10.0 Å². The minimum absolute atomic E-state index is 0.174. The van der Waals surface area contributed by atoms with Gasteiger partial charge in [-0.25, -0.2) is 0 Å². The normalized spacial score (nSPS) is 14.5. The molecule has 35 heavy (non-hydrogen) atoms. The van der Waals surface area contributed by atoms with E-state index in [9.17, 15) is 14.4 Å². The van der Waals surface area contributed by atoms with Crippen LogP contribution >= 0.6 is 35.0 Å². The van der Waals surface area contributed by atoms with E-state index in [1.165, 1.54) is 0 Å². The maximum atomic E-state index is 12.9. The smallest absolute Gasteiger partial charge is 0.294 e. The van der Waals surface area contributed by atoms with Gasteiger partial charge in [-0.15, -0.1) is 0 Å². The van der Waals surface area contributed by atoms with Crippen LogP contribution in [0.15, 0.2) is 71.6 Å². The number of aryl methyl sites for hydroxylation is 1. The molecule has 3 amide bonds. The van der Waals surface area contributed by atoms with Crippen molar-refractivity contribution in [3.8, 4) is 5.75 Å². The van der Waals surface area contributed by atoms with Crippen LogP contribution < -0.4 is 10.1 Å². The van der Waals surface area contributed by atoms with Crippen molar-refractivity contribution < 1.29 is 19.1 Å². The fraction of sp³-hybridized carbons (Fsp3) is 0.115. The number of anilines is 1. The second-order valence-electron chi connectivity index (χ2n) is 7.78. The number of carbonyl (C=O) groups excluding carboxylic acids is 3. The zero-order chi connectivity index (χ0) is 24.9. The number of nitrogens with one attached hydrogen (secondary N) is 1. The van der Waals surface area contributed by atoms with Crippen LogP contribution in [-0.2, 0) is 16.2 Å². The Bertz CT molecular complexity index is 1330. The summed E-state index contributed by atoms with van der Waals surface area (Å²) >= 11 is 13.0. The number of halogens is 2. The van der Waals surface area contributed by atoms with Crippen LogP contribution in [0, 0.1) is 6.92 Å². The molecule has 6 nitrogen and oxygen atoms in total. The Balaban J connectivity index is 1.48. The SMILES string of the molecule is Cc1ccc(NC(=O)CN2C(=O)S/C(=C/c3cc(Cl)ccc3OCc3cccc(Cl)c3)C2=O)cc1. The molecule has 0 radical (unpaired) electrons. The molecule has 1 aliphatic rings. The molecule has 3 aromatic carbocycles. The second-order valence-corrected chi connectivity index (χ2v) is 9.65. The first-order valence-electron chi connectivity index (χ1n) is 10.6. The lowest BCUT2D eigenvalue weighted by molar-refractivity contribution is -0.127. The number of amides is 3. The summed E-state index contributed by atoms with van der Waals surface area (Å²) in [4.78, 5) is 38.9. The van der Waals surface area contributed by atoms with Crippen LogP contribution in [0.25, 0.3) is 6.08 Å². The Morgan fingerprint density at radius 3 is 2.51 bits per heavy atom. The number of carbonyl (C=O) groups is 3. The molecule has 0 aromatic heterocycles. The van der Waals surface area contributed by atoms with Crippen molar-refractivity contribution in [2.24, 2.45) is 0 Å². The Morgan fingerprint density at radius 2 is 1.77 bits per heavy atom. The minimum atomic E-state index is -0.556. The lowest BCUT2D eigenvalue weighted by atomic mass is 10.1. The molecule has 0 saturated carbocycles. The van der Waals surface area contributed by atoms with Crippen molar-refractivity contribution in [1.29, 1.82) is 0 Å². The number of imide groups is 1. The lowest BCUT2D eigenvalue weighted by Gasteiger charge is -2.13. The molecule has 9 heteroatoms. The number of hydrogen-bond donors (Lipinski definition) is 1. The van der Waals surface area contributed by atoms with E-state index in [0.29, 0.717) is 27.0 Å². The summed E-state index contributed by atoms with van der Waals surface area (Å²) in [6.07, 6.45) is 1.54. The number of thioether (sulfide) groups is 1. The molecule has 1 heterocycles. The third kappa shape index (κ3) is 6.45. The molecular weight excluding hydrogens is 507 g/mol. The van der Waals surface area contributed by atoms with E-state index in [0.717, 1.165) is 27.8 Å². The fourth-order valence-corrected chi connectivity index (χ4v) is 4.53. The van der Waals surface area contributed by atoms with Crippen molar-refractivity contribution in [3.63, 3.8) is 0 Å². The van der Waals surface area contributed by atoms with Gasteiger partial charge < -0.3 is 10.1 Å². The predicted octanol–water partition coefficient (Wildman–Crippen LogP) is 6.56. The van der Waals surface area contributed by atoms with Gasteiger partial charge in [0, 0.05) is 21.3 Å². The highest BCUT2D eigenvalue weighted by atomic mass is 35.5. The Labute approximate surface area is 216 Å². The van der Waals surface area contributed by atoms with Gasteiger partial charge in [-0.05, 0) is 72.8 Å². The first-order chi connectivity index (χ1) is 16.8. The van der Waals surface area contributed by atoms with E-state index < -0.39 is 17.1 Å². The summed E-state index contributed by atoms with van der Waals surface area (Å²) in [5, 5.41) is 3.22. The first-order valence-corrected chi connectivity index (χ1v) is 12.1. The number of rotatable bonds is 7. The maximum Gasteiger partial charge on any atom is 0.294 e. The van der Waals surface area contributed by atoms with Crippen molar-refractivity contribution >= 4 is 63.8 Å². The van der Waals surface area contributed by atoms with Crippen LogP contribution in [-0.4, -0.2) is 28.5 Å². The number of hydrogen-bond acceptors (Lipinski definition) is 5. The van der Waals surface area contributed by atoms with Gasteiger partial charge in [0.1, 0.15) is 18.9 Å². The number of benzene rings is 3. The van der Waals surface area contributed by atoms with Crippen molar-refractivity contribution in [2.45, 2.75) is 13.5 Å². The molecule has 1 N–H and O–H groups in total. The average molecular weight is 527 g/mol. The van der Waals surface area contributed by atoms with Gasteiger partial charge in [0.25, 0.3) is 11.1 Å². The maximum absolute atomic E-state index is 12.9. The molecule has 0 spiro atoms. The van der Waals surface area contributed by atoms with E-state index in [4.69, 9.17) is 27.9 Å². The van der Waals surface area contributed by atoms with E-state index in [1.54, 1.807) is 48.5 Å². The van der Waals surface area contributed by atoms with Gasteiger partial charge in [0.05, 0.1) is 4.91 Å². The summed E-state index contributed by atoms with van der Waals surface area (Å²) in [6, 6.07) is 19.5. The second kappa shape index (κ2) is 11.0. The van der Waals surface area contributed by atoms with E-state index >= 15 is 0 Å². The number of nitrogens with zero attached hydrogens (tertiary/aromatic N) is 1. The van der Waals surface area contributed by atoms with E-state index in [-0.39, 0.29) is 18.1 Å². The van der Waals surface area contributed by atoms with Crippen LogP contribution in [0.1, 0.15) is 16.7 Å².